The van der Waals surface area contributed by atoms with E-state index in [0.29, 0.717) is 13.0 Å². The summed E-state index contributed by atoms with van der Waals surface area (Å²) in [5, 5.41) is 1.08. The van der Waals surface area contributed by atoms with Crippen LogP contribution in [0.1, 0.15) is 18.2 Å². The number of hydrogen-bond donors (Lipinski definition) is 1. The molecule has 0 atom stereocenters. The van der Waals surface area contributed by atoms with Crippen LogP contribution in [0.2, 0.25) is 0 Å². The number of aromatic nitrogens is 1. The van der Waals surface area contributed by atoms with Crippen LogP contribution in [0.25, 0.3) is 10.9 Å². The van der Waals surface area contributed by atoms with Crippen molar-refractivity contribution in [1.29, 1.82) is 0 Å². The molecule has 1 N–H and O–H groups in total. The molecule has 0 aliphatic carbocycles. The number of hydrogen-bond acceptors (Lipinski definition) is 2. The Balaban J connectivity index is 1.82. The second kappa shape index (κ2) is 7.31. The summed E-state index contributed by atoms with van der Waals surface area (Å²) in [5.74, 6) is 0.859. The van der Waals surface area contributed by atoms with E-state index in [0.717, 1.165) is 38.1 Å². The predicted molar refractivity (Wildman–Crippen MR) is 105 cm³/mol. The molecular weight excluding hydrogens is 380 g/mol. The Morgan fingerprint density at radius 1 is 1.20 bits per heavy atom. The first-order valence-electron chi connectivity index (χ1n) is 8.25. The van der Waals surface area contributed by atoms with E-state index < -0.39 is 0 Å². The van der Waals surface area contributed by atoms with Gasteiger partial charge in [-0.25, -0.2) is 0 Å². The Morgan fingerprint density at radius 2 is 1.92 bits per heavy atom. The van der Waals surface area contributed by atoms with Gasteiger partial charge in [0, 0.05) is 33.8 Å². The highest BCUT2D eigenvalue weighted by molar-refractivity contribution is 9.10. The number of likely N-dealkylation sites (N-methyl/N-ethyl adjacent to an activating group) is 1. The first-order chi connectivity index (χ1) is 12.0. The average molecular weight is 401 g/mol. The van der Waals surface area contributed by atoms with Crippen molar-refractivity contribution in [3.05, 3.63) is 58.2 Å². The number of carbonyl (C=O) groups excluding carboxylic acids is 1. The molecule has 0 bridgehead atoms. The zero-order chi connectivity index (χ0) is 18.0. The third-order valence-electron chi connectivity index (χ3n) is 4.32. The lowest BCUT2D eigenvalue weighted by molar-refractivity contribution is -0.117. The molecule has 3 aromatic rings. The van der Waals surface area contributed by atoms with Crippen molar-refractivity contribution in [2.45, 2.75) is 20.3 Å². The molecule has 130 valence electrons. The third kappa shape index (κ3) is 3.71. The number of aromatic amines is 1. The average Bonchev–Trinajstić information content (AvgIpc) is 2.90. The van der Waals surface area contributed by atoms with Crippen LogP contribution in [0.3, 0.4) is 0 Å². The molecule has 1 aromatic heterocycles. The maximum atomic E-state index is 12.8. The highest BCUT2D eigenvalue weighted by atomic mass is 79.9. The minimum atomic E-state index is 0.0492. The molecule has 4 nitrogen and oxygen atoms in total. The molecule has 0 spiro atoms. The van der Waals surface area contributed by atoms with Gasteiger partial charge in [0.05, 0.1) is 13.0 Å². The largest absolute Gasteiger partial charge is 0.494 e. The van der Waals surface area contributed by atoms with Gasteiger partial charge >= 0.3 is 0 Å². The zero-order valence-corrected chi connectivity index (χ0v) is 16.2. The molecule has 25 heavy (non-hydrogen) atoms. The van der Waals surface area contributed by atoms with Gasteiger partial charge in [-0.1, -0.05) is 15.9 Å². The topological polar surface area (TPSA) is 45.3 Å². The van der Waals surface area contributed by atoms with E-state index in [4.69, 9.17) is 4.74 Å². The molecule has 2 aromatic carbocycles. The summed E-state index contributed by atoms with van der Waals surface area (Å²) < 4.78 is 6.46. The lowest BCUT2D eigenvalue weighted by atomic mass is 10.1. The van der Waals surface area contributed by atoms with Crippen molar-refractivity contribution in [1.82, 2.24) is 4.98 Å². The van der Waals surface area contributed by atoms with E-state index in [2.05, 4.69) is 27.0 Å². The molecule has 3 rings (SSSR count). The summed E-state index contributed by atoms with van der Waals surface area (Å²) in [5.41, 5.74) is 3.97. The lowest BCUT2D eigenvalue weighted by Gasteiger charge is -2.18. The number of nitrogens with one attached hydrogen (secondary N) is 1. The number of nitrogens with zero attached hydrogens (tertiary/aromatic N) is 1. The Hall–Kier alpha value is -2.27. The Labute approximate surface area is 155 Å². The summed E-state index contributed by atoms with van der Waals surface area (Å²) in [6.07, 6.45) is 0.353. The molecule has 5 heteroatoms. The zero-order valence-electron chi connectivity index (χ0n) is 14.6. The van der Waals surface area contributed by atoms with Crippen molar-refractivity contribution in [3.63, 3.8) is 0 Å². The summed E-state index contributed by atoms with van der Waals surface area (Å²) >= 11 is 3.51. The molecule has 1 amide bonds. The number of fused-ring (bicyclic) bond motifs is 1. The normalized spacial score (nSPS) is 10.9. The van der Waals surface area contributed by atoms with Gasteiger partial charge in [-0.3, -0.25) is 4.79 Å². The van der Waals surface area contributed by atoms with Gasteiger partial charge < -0.3 is 14.6 Å². The number of anilines is 1. The first-order valence-corrected chi connectivity index (χ1v) is 9.05. The minimum Gasteiger partial charge on any atom is -0.494 e. The SMILES string of the molecule is CCOc1ccc(N(C)C(=O)Cc2c(C)[nH]c3ccc(Br)cc23)cc1. The van der Waals surface area contributed by atoms with Crippen LogP contribution in [0.5, 0.6) is 5.75 Å². The first kappa shape index (κ1) is 17.5. The Bertz CT molecular complexity index is 900. The fourth-order valence-electron chi connectivity index (χ4n) is 2.93. The predicted octanol–water partition coefficient (Wildman–Crippen LogP) is 4.84. The van der Waals surface area contributed by atoms with E-state index in [-0.39, 0.29) is 5.91 Å². The molecule has 0 unspecified atom stereocenters. The highest BCUT2D eigenvalue weighted by Gasteiger charge is 2.17. The van der Waals surface area contributed by atoms with Crippen LogP contribution in [0, 0.1) is 6.92 Å². The van der Waals surface area contributed by atoms with Crippen LogP contribution >= 0.6 is 15.9 Å². The highest BCUT2D eigenvalue weighted by Crippen LogP contribution is 2.27. The van der Waals surface area contributed by atoms with E-state index in [1.807, 2.05) is 50.2 Å². The number of amides is 1. The molecule has 0 saturated heterocycles. The summed E-state index contributed by atoms with van der Waals surface area (Å²) in [6.45, 7) is 4.59. The number of H-pyrrole nitrogens is 1. The van der Waals surface area contributed by atoms with Crippen molar-refractivity contribution in [3.8, 4) is 5.75 Å². The minimum absolute atomic E-state index is 0.0492. The lowest BCUT2D eigenvalue weighted by Crippen LogP contribution is -2.27. The van der Waals surface area contributed by atoms with Crippen molar-refractivity contribution >= 4 is 38.4 Å². The van der Waals surface area contributed by atoms with E-state index in [1.165, 1.54) is 0 Å². The van der Waals surface area contributed by atoms with Gasteiger partial charge in [0.2, 0.25) is 5.91 Å². The molecule has 0 aliphatic heterocycles. The Morgan fingerprint density at radius 3 is 2.60 bits per heavy atom. The molecular formula is C20H21BrN2O2. The second-order valence-corrected chi connectivity index (χ2v) is 6.89. The van der Waals surface area contributed by atoms with Crippen molar-refractivity contribution in [2.75, 3.05) is 18.6 Å². The van der Waals surface area contributed by atoms with Crippen molar-refractivity contribution in [2.24, 2.45) is 0 Å². The molecule has 1 heterocycles. The third-order valence-corrected chi connectivity index (χ3v) is 4.81. The van der Waals surface area contributed by atoms with Crippen LogP contribution in [-0.2, 0) is 11.2 Å². The fraction of sp³-hybridized carbons (Fsp3) is 0.250. The molecule has 0 aliphatic rings. The quantitative estimate of drug-likeness (QED) is 0.665. The number of halogens is 1. The van der Waals surface area contributed by atoms with E-state index in [9.17, 15) is 4.79 Å². The number of benzene rings is 2. The fourth-order valence-corrected chi connectivity index (χ4v) is 3.29. The summed E-state index contributed by atoms with van der Waals surface area (Å²) in [7, 11) is 1.80. The molecule has 0 fully saturated rings. The summed E-state index contributed by atoms with van der Waals surface area (Å²) in [6, 6.07) is 13.7. The maximum Gasteiger partial charge on any atom is 0.231 e. The van der Waals surface area contributed by atoms with Gasteiger partial charge in [0.15, 0.2) is 0 Å². The number of aryl methyl sites for hydroxylation is 1. The van der Waals surface area contributed by atoms with Crippen molar-refractivity contribution < 1.29 is 9.53 Å². The van der Waals surface area contributed by atoms with Crippen LogP contribution in [0.15, 0.2) is 46.9 Å². The second-order valence-electron chi connectivity index (χ2n) is 5.97. The number of ether oxygens (including phenoxy) is 1. The molecule has 0 saturated carbocycles. The number of rotatable bonds is 5. The standard InChI is InChI=1S/C20H21BrN2O2/c1-4-25-16-8-6-15(7-9-16)23(3)20(24)12-17-13(2)22-19-10-5-14(21)11-18(17)19/h5-11,22H,4,12H2,1-3H3. The number of carbonyl (C=O) groups is 1. The maximum absolute atomic E-state index is 12.8. The molecule has 0 radical (unpaired) electrons. The van der Waals surface area contributed by atoms with Crippen LogP contribution < -0.4 is 9.64 Å². The monoisotopic (exact) mass is 400 g/mol. The van der Waals surface area contributed by atoms with E-state index >= 15 is 0 Å². The van der Waals surface area contributed by atoms with E-state index in [1.54, 1.807) is 11.9 Å². The van der Waals surface area contributed by atoms with Gasteiger partial charge in [-0.2, -0.15) is 0 Å². The van der Waals surface area contributed by atoms with Gasteiger partial charge in [-0.05, 0) is 61.9 Å². The summed E-state index contributed by atoms with van der Waals surface area (Å²) in [4.78, 5) is 17.8. The van der Waals surface area contributed by atoms with Gasteiger partial charge in [-0.15, -0.1) is 0 Å². The smallest absolute Gasteiger partial charge is 0.231 e. The van der Waals surface area contributed by atoms with Gasteiger partial charge in [0.25, 0.3) is 0 Å². The van der Waals surface area contributed by atoms with Gasteiger partial charge in [0.1, 0.15) is 5.75 Å². The van der Waals surface area contributed by atoms with Crippen LogP contribution in [-0.4, -0.2) is 24.5 Å². The van der Waals surface area contributed by atoms with Crippen LogP contribution in [0.4, 0.5) is 5.69 Å². The Kier molecular flexibility index (Phi) is 5.13.